The van der Waals surface area contributed by atoms with E-state index in [-0.39, 0.29) is 18.4 Å². The van der Waals surface area contributed by atoms with E-state index in [9.17, 15) is 4.79 Å². The molecule has 0 aliphatic carbocycles. The highest BCUT2D eigenvalue weighted by atomic mass is 35.5. The van der Waals surface area contributed by atoms with E-state index in [0.29, 0.717) is 21.5 Å². The number of anilines is 1. The van der Waals surface area contributed by atoms with Gasteiger partial charge in [-0.05, 0) is 39.0 Å². The molecular formula is C16H19Cl2N3O2. The summed E-state index contributed by atoms with van der Waals surface area (Å²) in [6.45, 7) is 5.65. The van der Waals surface area contributed by atoms with Crippen molar-refractivity contribution in [3.8, 4) is 5.75 Å². The monoisotopic (exact) mass is 355 g/mol. The average molecular weight is 356 g/mol. The van der Waals surface area contributed by atoms with Crippen LogP contribution in [0.4, 0.5) is 5.69 Å². The molecule has 2 rings (SSSR count). The zero-order valence-corrected chi connectivity index (χ0v) is 15.0. The molecule has 0 spiro atoms. The van der Waals surface area contributed by atoms with Crippen molar-refractivity contribution in [1.82, 2.24) is 9.78 Å². The first-order valence-corrected chi connectivity index (χ1v) is 7.93. The Balaban J connectivity index is 2.10. The highest BCUT2D eigenvalue weighted by molar-refractivity contribution is 6.31. The van der Waals surface area contributed by atoms with Crippen LogP contribution in [0, 0.1) is 13.8 Å². The van der Waals surface area contributed by atoms with E-state index in [1.807, 2.05) is 20.8 Å². The third-order valence-electron chi connectivity index (χ3n) is 3.57. The number of ether oxygens (including phenoxy) is 1. The van der Waals surface area contributed by atoms with Crippen LogP contribution in [0.5, 0.6) is 5.75 Å². The zero-order chi connectivity index (χ0) is 17.1. The lowest BCUT2D eigenvalue weighted by atomic mass is 10.2. The molecule has 0 saturated carbocycles. The normalized spacial score (nSPS) is 12.1. The molecule has 0 radical (unpaired) electrons. The number of hydrogen-bond acceptors (Lipinski definition) is 3. The highest BCUT2D eigenvalue weighted by Gasteiger charge is 2.18. The smallest absolute Gasteiger partial charge is 0.226 e. The maximum atomic E-state index is 12.3. The molecule has 0 unspecified atom stereocenters. The van der Waals surface area contributed by atoms with Gasteiger partial charge in [0.25, 0.3) is 0 Å². The molecule has 0 aliphatic rings. The van der Waals surface area contributed by atoms with E-state index < -0.39 is 0 Å². The zero-order valence-electron chi connectivity index (χ0n) is 13.5. The number of methoxy groups -OCH3 is 1. The van der Waals surface area contributed by atoms with E-state index in [4.69, 9.17) is 27.9 Å². The van der Waals surface area contributed by atoms with Crippen molar-refractivity contribution in [2.75, 3.05) is 12.4 Å². The van der Waals surface area contributed by atoms with Crippen LogP contribution in [0.25, 0.3) is 0 Å². The Labute approximate surface area is 145 Å². The molecule has 1 heterocycles. The van der Waals surface area contributed by atoms with Gasteiger partial charge in [-0.3, -0.25) is 9.48 Å². The fourth-order valence-corrected chi connectivity index (χ4v) is 2.70. The highest BCUT2D eigenvalue weighted by Crippen LogP contribution is 2.28. The second-order valence-electron chi connectivity index (χ2n) is 5.38. The molecule has 1 aromatic heterocycles. The van der Waals surface area contributed by atoms with Crippen LogP contribution in [0.2, 0.25) is 10.0 Å². The van der Waals surface area contributed by atoms with Gasteiger partial charge in [-0.2, -0.15) is 5.10 Å². The molecule has 1 atom stereocenters. The maximum Gasteiger partial charge on any atom is 0.226 e. The van der Waals surface area contributed by atoms with E-state index in [2.05, 4.69) is 10.4 Å². The minimum atomic E-state index is -0.151. The fourth-order valence-electron chi connectivity index (χ4n) is 2.41. The first kappa shape index (κ1) is 17.6. The SMILES string of the molecule is COc1ccc(Cl)cc1NC(=O)C[C@H](C)n1nc(C)c(Cl)c1C. The number of benzene rings is 1. The topological polar surface area (TPSA) is 56.1 Å². The Kier molecular flexibility index (Phi) is 5.55. The Morgan fingerprint density at radius 3 is 2.65 bits per heavy atom. The lowest BCUT2D eigenvalue weighted by molar-refractivity contribution is -0.116. The lowest BCUT2D eigenvalue weighted by Crippen LogP contribution is -2.19. The summed E-state index contributed by atoms with van der Waals surface area (Å²) in [5.41, 5.74) is 2.15. The summed E-state index contributed by atoms with van der Waals surface area (Å²) in [6.07, 6.45) is 0.258. The molecule has 0 saturated heterocycles. The summed E-state index contributed by atoms with van der Waals surface area (Å²) in [5, 5.41) is 8.36. The molecule has 1 amide bonds. The number of nitrogens with zero attached hydrogens (tertiary/aromatic N) is 2. The van der Waals surface area contributed by atoms with Gasteiger partial charge in [0.05, 0.1) is 35.2 Å². The number of aryl methyl sites for hydroxylation is 1. The molecule has 1 N–H and O–H groups in total. The van der Waals surface area contributed by atoms with Gasteiger partial charge in [-0.15, -0.1) is 0 Å². The second-order valence-corrected chi connectivity index (χ2v) is 6.19. The molecular weight excluding hydrogens is 337 g/mol. The predicted molar refractivity (Wildman–Crippen MR) is 92.7 cm³/mol. The predicted octanol–water partition coefficient (Wildman–Crippen LogP) is 4.41. The Morgan fingerprint density at radius 1 is 1.39 bits per heavy atom. The standard InChI is InChI=1S/C16H19Cl2N3O2/c1-9(21-11(3)16(18)10(2)20-21)7-15(22)19-13-8-12(17)5-6-14(13)23-4/h5-6,8-9H,7H2,1-4H3,(H,19,22)/t9-/m0/s1. The quantitative estimate of drug-likeness (QED) is 0.864. The minimum Gasteiger partial charge on any atom is -0.495 e. The van der Waals surface area contributed by atoms with Crippen molar-refractivity contribution in [3.63, 3.8) is 0 Å². The second kappa shape index (κ2) is 7.23. The van der Waals surface area contributed by atoms with E-state index in [1.54, 1.807) is 30.0 Å². The van der Waals surface area contributed by atoms with Gasteiger partial charge in [0.1, 0.15) is 5.75 Å². The summed E-state index contributed by atoms with van der Waals surface area (Å²) >= 11 is 12.1. The Hall–Kier alpha value is -1.72. The van der Waals surface area contributed by atoms with Gasteiger partial charge in [-0.1, -0.05) is 23.2 Å². The van der Waals surface area contributed by atoms with Crippen LogP contribution in [0.15, 0.2) is 18.2 Å². The van der Waals surface area contributed by atoms with E-state index in [0.717, 1.165) is 11.4 Å². The van der Waals surface area contributed by atoms with Gasteiger partial charge in [0.2, 0.25) is 5.91 Å². The summed E-state index contributed by atoms with van der Waals surface area (Å²) < 4.78 is 6.99. The van der Waals surface area contributed by atoms with Crippen LogP contribution < -0.4 is 10.1 Å². The van der Waals surface area contributed by atoms with Gasteiger partial charge < -0.3 is 10.1 Å². The van der Waals surface area contributed by atoms with Gasteiger partial charge in [0.15, 0.2) is 0 Å². The number of amides is 1. The number of halogens is 2. The summed E-state index contributed by atoms with van der Waals surface area (Å²) in [5.74, 6) is 0.409. The van der Waals surface area contributed by atoms with Gasteiger partial charge >= 0.3 is 0 Å². The van der Waals surface area contributed by atoms with Crippen molar-refractivity contribution in [2.45, 2.75) is 33.2 Å². The van der Waals surface area contributed by atoms with Crippen LogP contribution >= 0.6 is 23.2 Å². The number of nitrogens with one attached hydrogen (secondary N) is 1. The number of carbonyl (C=O) groups excluding carboxylic acids is 1. The van der Waals surface area contributed by atoms with Crippen LogP contribution in [0.3, 0.4) is 0 Å². The first-order valence-electron chi connectivity index (χ1n) is 7.18. The Bertz CT molecular complexity index is 728. The molecule has 0 fully saturated rings. The number of rotatable bonds is 5. The van der Waals surface area contributed by atoms with Crippen LogP contribution in [-0.4, -0.2) is 22.8 Å². The third kappa shape index (κ3) is 3.98. The molecule has 23 heavy (non-hydrogen) atoms. The third-order valence-corrected chi connectivity index (χ3v) is 4.35. The summed E-state index contributed by atoms with van der Waals surface area (Å²) in [6, 6.07) is 4.95. The summed E-state index contributed by atoms with van der Waals surface area (Å²) in [4.78, 5) is 12.3. The maximum absolute atomic E-state index is 12.3. The largest absolute Gasteiger partial charge is 0.495 e. The van der Waals surface area contributed by atoms with Crippen molar-refractivity contribution in [2.24, 2.45) is 0 Å². The number of hydrogen-bond donors (Lipinski definition) is 1. The van der Waals surface area contributed by atoms with Crippen molar-refractivity contribution < 1.29 is 9.53 Å². The molecule has 1 aromatic carbocycles. The van der Waals surface area contributed by atoms with Crippen LogP contribution in [-0.2, 0) is 4.79 Å². The summed E-state index contributed by atoms with van der Waals surface area (Å²) in [7, 11) is 1.54. The van der Waals surface area contributed by atoms with E-state index >= 15 is 0 Å². The molecule has 0 aliphatic heterocycles. The molecule has 5 nitrogen and oxygen atoms in total. The number of carbonyl (C=O) groups is 1. The van der Waals surface area contributed by atoms with Crippen molar-refractivity contribution >= 4 is 34.8 Å². The first-order chi connectivity index (χ1) is 10.8. The van der Waals surface area contributed by atoms with E-state index in [1.165, 1.54) is 0 Å². The fraction of sp³-hybridized carbons (Fsp3) is 0.375. The molecule has 0 bridgehead atoms. The van der Waals surface area contributed by atoms with Gasteiger partial charge in [-0.25, -0.2) is 0 Å². The molecule has 2 aromatic rings. The molecule has 7 heteroatoms. The van der Waals surface area contributed by atoms with Crippen LogP contribution in [0.1, 0.15) is 30.8 Å². The lowest BCUT2D eigenvalue weighted by Gasteiger charge is -2.15. The molecule has 124 valence electrons. The van der Waals surface area contributed by atoms with Gasteiger partial charge in [0, 0.05) is 11.4 Å². The minimum absolute atomic E-state index is 0.119. The average Bonchev–Trinajstić information content (AvgIpc) is 2.75. The van der Waals surface area contributed by atoms with Crippen molar-refractivity contribution in [3.05, 3.63) is 39.6 Å². The Morgan fingerprint density at radius 2 is 2.09 bits per heavy atom. The van der Waals surface area contributed by atoms with Crippen molar-refractivity contribution in [1.29, 1.82) is 0 Å². The number of aromatic nitrogens is 2.